The van der Waals surface area contributed by atoms with E-state index >= 15 is 0 Å². The van der Waals surface area contributed by atoms with Gasteiger partial charge in [0.1, 0.15) is 22.8 Å². The van der Waals surface area contributed by atoms with Crippen LogP contribution in [0.5, 0.6) is 0 Å². The van der Waals surface area contributed by atoms with E-state index in [2.05, 4.69) is 82.4 Å². The number of nitro benzene ring substituents is 1. The largest absolute Gasteiger partial charge is 0.346 e. The highest BCUT2D eigenvalue weighted by Gasteiger charge is 2.53. The number of rotatable bonds is 42. The molecule has 0 saturated heterocycles. The number of nitro groups is 1. The summed E-state index contributed by atoms with van der Waals surface area (Å²) >= 11 is 0. The zero-order valence-corrected chi connectivity index (χ0v) is 76.9. The van der Waals surface area contributed by atoms with Crippen molar-refractivity contribution in [3.8, 4) is 0 Å². The first-order chi connectivity index (χ1) is 64.2. The Labute approximate surface area is 779 Å². The van der Waals surface area contributed by atoms with Crippen molar-refractivity contribution < 1.29 is 38.5 Å². The van der Waals surface area contributed by atoms with Gasteiger partial charge in [-0.05, 0) is 235 Å². The maximum atomic E-state index is 14.5. The van der Waals surface area contributed by atoms with E-state index < -0.39 is 33.5 Å². The zero-order chi connectivity index (χ0) is 94.9. The number of para-hydroxylation sites is 1. The lowest BCUT2D eigenvalue weighted by atomic mass is 9.60. The summed E-state index contributed by atoms with van der Waals surface area (Å²) in [6.45, 7) is 22.0. The number of carbonyl (C=O) groups excluding carboxylic acids is 7. The van der Waals surface area contributed by atoms with E-state index in [1.165, 1.54) is 6.07 Å². The summed E-state index contributed by atoms with van der Waals surface area (Å²) < 4.78 is 0. The van der Waals surface area contributed by atoms with Crippen LogP contribution in [0.15, 0.2) is 335 Å². The summed E-state index contributed by atoms with van der Waals surface area (Å²) in [4.78, 5) is 137. The van der Waals surface area contributed by atoms with Gasteiger partial charge in [-0.25, -0.2) is 0 Å². The molecule has 0 aliphatic rings. The smallest absolute Gasteiger partial charge is 0.272 e. The molecule has 8 heterocycles. The lowest BCUT2D eigenvalue weighted by Crippen LogP contribution is -2.63. The summed E-state index contributed by atoms with van der Waals surface area (Å²) in [6, 6.07) is 86.6. The van der Waals surface area contributed by atoms with Gasteiger partial charge < -0.3 is 42.5 Å². The Morgan fingerprint density at radius 1 is 0.353 bits per heavy atom. The lowest BCUT2D eigenvalue weighted by molar-refractivity contribution is -0.385. The minimum Gasteiger partial charge on any atom is -0.346 e. The van der Waals surface area contributed by atoms with Crippen molar-refractivity contribution in [1.29, 1.82) is 0 Å². The minimum atomic E-state index is -1.07. The Morgan fingerprint density at radius 2 is 0.707 bits per heavy atom. The first kappa shape index (κ1) is 101. The maximum Gasteiger partial charge on any atom is 0.272 e. The van der Waals surface area contributed by atoms with Crippen molar-refractivity contribution in [3.05, 3.63) is 424 Å². The van der Waals surface area contributed by atoms with Crippen LogP contribution in [-0.2, 0) is 38.0 Å². The topological polar surface area (TPSA) is 362 Å². The number of nitrogens with one attached hydrogen (secondary N) is 8. The molecule has 13 rings (SSSR count). The molecule has 686 valence electrons. The Bertz CT molecular complexity index is 5790. The van der Waals surface area contributed by atoms with Gasteiger partial charge in [-0.15, -0.1) is 0 Å². The summed E-state index contributed by atoms with van der Waals surface area (Å²) in [5.41, 5.74) is 5.42. The van der Waals surface area contributed by atoms with Gasteiger partial charge in [0.25, 0.3) is 29.3 Å². The van der Waals surface area contributed by atoms with Gasteiger partial charge in [-0.3, -0.25) is 83.5 Å². The highest BCUT2D eigenvalue weighted by atomic mass is 16.6. The van der Waals surface area contributed by atoms with Crippen LogP contribution in [0.2, 0.25) is 0 Å². The fourth-order valence-corrected chi connectivity index (χ4v) is 16.1. The molecule has 5 aromatic carbocycles. The second-order valence-electron chi connectivity index (χ2n) is 34.3. The van der Waals surface area contributed by atoms with Crippen LogP contribution in [0.3, 0.4) is 0 Å². The molecule has 133 heavy (non-hydrogen) atoms. The SMILES string of the molecule is CC(=O)c1ccccc1CC(CCNCc1ccccn1)C(C)(C)NC(=O)c1ccccn1.CC(C)(NC(=O)c1ccccn1)C(CCNCc1ccccn1)(C(=O)c1ccccc1)c1ccccc1.CC(C)(NC(=O)c1ccccn1)C(CCNCc1ccccn1)C(=O)c1ccccc1.CC(C)(NC(=O)c1ccccn1)C(CCNCc1ccccn1)c1ccccc1[N+](=O)[O-]. The average Bonchev–Trinajstić information content (AvgIpc) is 0.734. The number of hydrogen-bond donors (Lipinski definition) is 8. The first-order valence-corrected chi connectivity index (χ1v) is 44.6. The normalized spacial score (nSPS) is 12.4. The Morgan fingerprint density at radius 3 is 1.13 bits per heavy atom. The Hall–Kier alpha value is -14.6. The third-order valence-corrected chi connectivity index (χ3v) is 23.3. The van der Waals surface area contributed by atoms with Crippen LogP contribution < -0.4 is 42.5 Å². The van der Waals surface area contributed by atoms with E-state index in [-0.39, 0.29) is 63.4 Å². The molecule has 0 aliphatic carbocycles. The van der Waals surface area contributed by atoms with E-state index in [0.717, 1.165) is 52.4 Å². The lowest BCUT2D eigenvalue weighted by Gasteiger charge is -2.47. The Balaban J connectivity index is 0.000000184. The molecule has 4 atom stereocenters. The second-order valence-corrected chi connectivity index (χ2v) is 34.3. The van der Waals surface area contributed by atoms with E-state index in [9.17, 15) is 43.7 Å². The molecule has 4 unspecified atom stereocenters. The number of ketones is 3. The number of aromatic nitrogens is 8. The Kier molecular flexibility index (Phi) is 38.2. The van der Waals surface area contributed by atoms with Gasteiger partial charge in [0.05, 0.1) is 38.7 Å². The number of amides is 4. The molecule has 8 aromatic heterocycles. The van der Waals surface area contributed by atoms with Gasteiger partial charge in [0.15, 0.2) is 17.3 Å². The number of Topliss-reactive ketones (excluding diaryl/α,β-unsaturated/α-hetero) is 3. The van der Waals surface area contributed by atoms with E-state index in [4.69, 9.17) is 0 Å². The average molecular weight is 1790 g/mol. The molecule has 0 fully saturated rings. The van der Waals surface area contributed by atoms with Crippen LogP contribution in [0, 0.1) is 22.0 Å². The molecular formula is C107H119N17O9. The number of benzene rings is 5. The number of pyridine rings is 8. The molecule has 0 spiro atoms. The van der Waals surface area contributed by atoms with Gasteiger partial charge in [0.2, 0.25) is 0 Å². The molecule has 0 bridgehead atoms. The third kappa shape index (κ3) is 30.2. The summed E-state index contributed by atoms with van der Waals surface area (Å²) in [7, 11) is 0. The number of nitrogens with zero attached hydrogens (tertiary/aromatic N) is 9. The zero-order valence-electron chi connectivity index (χ0n) is 76.9. The van der Waals surface area contributed by atoms with E-state index in [1.54, 1.807) is 147 Å². The first-order valence-electron chi connectivity index (χ1n) is 44.6. The van der Waals surface area contributed by atoms with Gasteiger partial charge in [-0.1, -0.05) is 182 Å². The molecular weight excluding hydrogens is 1670 g/mol. The van der Waals surface area contributed by atoms with Crippen molar-refractivity contribution in [2.45, 2.75) is 154 Å². The molecule has 26 nitrogen and oxygen atoms in total. The van der Waals surface area contributed by atoms with Crippen molar-refractivity contribution in [2.75, 3.05) is 26.2 Å². The van der Waals surface area contributed by atoms with Crippen molar-refractivity contribution in [1.82, 2.24) is 82.4 Å². The fraction of sp³-hybridized carbons (Fsp3) is 0.280. The minimum absolute atomic E-state index is 0.00607. The monoisotopic (exact) mass is 1790 g/mol. The predicted octanol–water partition coefficient (Wildman–Crippen LogP) is 16.7. The molecule has 13 aromatic rings. The van der Waals surface area contributed by atoms with Crippen LogP contribution in [0.1, 0.15) is 206 Å². The van der Waals surface area contributed by atoms with Crippen LogP contribution in [0.4, 0.5) is 5.69 Å². The quantitative estimate of drug-likeness (QED) is 0.00762. The van der Waals surface area contributed by atoms with Crippen LogP contribution >= 0.6 is 0 Å². The fourth-order valence-electron chi connectivity index (χ4n) is 16.1. The van der Waals surface area contributed by atoms with E-state index in [1.807, 2.05) is 243 Å². The number of hydrogen-bond acceptors (Lipinski definition) is 21. The van der Waals surface area contributed by atoms with Crippen molar-refractivity contribution >= 4 is 46.7 Å². The van der Waals surface area contributed by atoms with E-state index in [0.29, 0.717) is 111 Å². The third-order valence-electron chi connectivity index (χ3n) is 23.3. The maximum absolute atomic E-state index is 14.5. The summed E-state index contributed by atoms with van der Waals surface area (Å²) in [5.74, 6) is -1.78. The van der Waals surface area contributed by atoms with Crippen LogP contribution in [0.25, 0.3) is 0 Å². The summed E-state index contributed by atoms with van der Waals surface area (Å²) in [5, 5.41) is 37.7. The molecule has 0 saturated carbocycles. The summed E-state index contributed by atoms with van der Waals surface area (Å²) in [6.07, 6.45) is 16.5. The molecule has 8 N–H and O–H groups in total. The van der Waals surface area contributed by atoms with Gasteiger partial charge in [-0.2, -0.15) is 0 Å². The van der Waals surface area contributed by atoms with Gasteiger partial charge in [0, 0.05) is 133 Å². The van der Waals surface area contributed by atoms with Crippen molar-refractivity contribution in [2.24, 2.45) is 11.8 Å². The number of carbonyl (C=O) groups is 7. The molecule has 26 heteroatoms. The molecule has 4 amide bonds. The second kappa shape index (κ2) is 50.6. The standard InChI is InChI=1S/C31H32N4O2.C27H32N4O2.C25H28N4O2.C24H27N5O3/c1-30(2,35-29(37)27-18-10-12-21-34-27)31(25-15-7-4-8-16-25,28(36)24-13-5-3-6-14-24)19-22-32-23-26-17-9-11-20-33-26;1-20(32)24-12-5-4-10-21(24)18-22(14-17-28-19-23-11-6-8-15-29-23)27(2,3)31-26(33)25-13-7-9-16-30-25;1-25(2,29-24(31)22-13-7-9-16-28-22)21(23(30)19-10-4-3-5-11-19)14-17-26-18-20-12-6-8-15-27-20;1-24(2,28-23(30)21-11-6-8-15-27-21)20(19-10-3-4-12-22(19)29(31)32)13-16-25-17-18-9-5-7-14-26-18/h3-18,20-21,32H,19,22-23H2,1-2H3,(H,35,37);4-13,15-16,22,28H,14,17-19H2,1-3H3,(H,31,33);3-13,15-16,21,26H,14,17-18H2,1-2H3,(H,29,31);3-12,14-15,20,25H,13,16-17H2,1-2H3,(H,28,30). The van der Waals surface area contributed by atoms with Crippen LogP contribution in [-0.4, -0.2) is 134 Å². The molecule has 0 aliphatic heterocycles. The highest BCUT2D eigenvalue weighted by molar-refractivity contribution is 6.06. The highest BCUT2D eigenvalue weighted by Crippen LogP contribution is 2.43. The predicted molar refractivity (Wildman–Crippen MR) is 518 cm³/mol. The molecule has 0 radical (unpaired) electrons. The van der Waals surface area contributed by atoms with Crippen molar-refractivity contribution in [3.63, 3.8) is 0 Å². The van der Waals surface area contributed by atoms with Gasteiger partial charge >= 0.3 is 0 Å².